The van der Waals surface area contributed by atoms with Gasteiger partial charge in [0.25, 0.3) is 0 Å². The Kier molecular flexibility index (Phi) is 12.4. The molecular weight excluding hydrogens is 591 g/mol. The SMILES string of the molecule is F[B-](F)(F)F.c1ccc(OCCOc2ccccc2[S+](c2ccccc2)c2ccccc2OCCOc2ccccc2)cc1. The van der Waals surface area contributed by atoms with Crippen molar-refractivity contribution in [3.05, 3.63) is 140 Å². The molecule has 0 N–H and O–H groups in total. The molecule has 0 saturated carbocycles. The van der Waals surface area contributed by atoms with Crippen molar-refractivity contribution in [3.8, 4) is 23.0 Å². The van der Waals surface area contributed by atoms with Crippen LogP contribution in [0.2, 0.25) is 0 Å². The lowest BCUT2D eigenvalue weighted by molar-refractivity contribution is 0.213. The summed E-state index contributed by atoms with van der Waals surface area (Å²) in [4.78, 5) is 3.38. The van der Waals surface area contributed by atoms with Crippen LogP contribution in [0.15, 0.2) is 154 Å². The van der Waals surface area contributed by atoms with Gasteiger partial charge in [0.05, 0.1) is 0 Å². The van der Waals surface area contributed by atoms with E-state index in [4.69, 9.17) is 18.9 Å². The molecule has 0 fully saturated rings. The third-order valence-corrected chi connectivity index (χ3v) is 8.12. The van der Waals surface area contributed by atoms with Crippen LogP contribution in [0.3, 0.4) is 0 Å². The predicted octanol–water partition coefficient (Wildman–Crippen LogP) is 9.00. The predicted molar refractivity (Wildman–Crippen MR) is 167 cm³/mol. The summed E-state index contributed by atoms with van der Waals surface area (Å²) in [5, 5.41) is 0. The average Bonchev–Trinajstić information content (AvgIpc) is 3.04. The molecule has 0 heterocycles. The van der Waals surface area contributed by atoms with Crippen LogP contribution in [0.1, 0.15) is 0 Å². The molecule has 5 rings (SSSR count). The van der Waals surface area contributed by atoms with E-state index in [0.717, 1.165) is 32.8 Å². The highest BCUT2D eigenvalue weighted by Gasteiger charge is 2.35. The van der Waals surface area contributed by atoms with Gasteiger partial charge in [0.15, 0.2) is 16.4 Å². The summed E-state index contributed by atoms with van der Waals surface area (Å²) in [6, 6.07) is 46.6. The van der Waals surface area contributed by atoms with Crippen molar-refractivity contribution in [1.29, 1.82) is 0 Å². The van der Waals surface area contributed by atoms with E-state index in [1.165, 1.54) is 4.90 Å². The summed E-state index contributed by atoms with van der Waals surface area (Å²) in [5.74, 6) is 3.34. The van der Waals surface area contributed by atoms with E-state index in [2.05, 4.69) is 48.5 Å². The molecule has 0 atom stereocenters. The average molecular weight is 622 g/mol. The topological polar surface area (TPSA) is 36.9 Å². The molecule has 4 nitrogen and oxygen atoms in total. The minimum absolute atomic E-state index is 0.437. The van der Waals surface area contributed by atoms with Crippen molar-refractivity contribution >= 4 is 18.1 Å². The van der Waals surface area contributed by atoms with Crippen molar-refractivity contribution in [2.45, 2.75) is 14.7 Å². The Morgan fingerprint density at radius 1 is 0.409 bits per heavy atom. The molecule has 0 aliphatic heterocycles. The summed E-state index contributed by atoms with van der Waals surface area (Å²) >= 11 is 0. The lowest BCUT2D eigenvalue weighted by Crippen LogP contribution is -2.14. The van der Waals surface area contributed by atoms with Gasteiger partial charge in [-0.3, -0.25) is 0 Å². The van der Waals surface area contributed by atoms with Crippen molar-refractivity contribution in [3.63, 3.8) is 0 Å². The molecule has 0 saturated heterocycles. The van der Waals surface area contributed by atoms with E-state index < -0.39 is 18.1 Å². The fourth-order valence-electron chi connectivity index (χ4n) is 4.06. The molecular formula is C34H31BF4O4S. The van der Waals surface area contributed by atoms with Crippen LogP contribution in [0.4, 0.5) is 17.3 Å². The summed E-state index contributed by atoms with van der Waals surface area (Å²) in [7, 11) is -6.45. The second-order valence-electron chi connectivity index (χ2n) is 9.03. The molecule has 5 aromatic rings. The fourth-order valence-corrected chi connectivity index (χ4v) is 6.32. The fraction of sp³-hybridized carbons (Fsp3) is 0.118. The van der Waals surface area contributed by atoms with Crippen LogP contribution in [0.25, 0.3) is 0 Å². The smallest absolute Gasteiger partial charge is 0.490 e. The summed E-state index contributed by atoms with van der Waals surface area (Å²) < 4.78 is 63.3. The van der Waals surface area contributed by atoms with Gasteiger partial charge in [-0.25, -0.2) is 0 Å². The number of halogens is 4. The molecule has 0 aliphatic rings. The Hall–Kier alpha value is -4.57. The van der Waals surface area contributed by atoms with Crippen LogP contribution in [0.5, 0.6) is 23.0 Å². The Balaban J connectivity index is 0.000000818. The van der Waals surface area contributed by atoms with E-state index in [0.29, 0.717) is 26.4 Å². The monoisotopic (exact) mass is 622 g/mol. The normalized spacial score (nSPS) is 10.8. The van der Waals surface area contributed by atoms with Gasteiger partial charge in [-0.05, 0) is 60.7 Å². The van der Waals surface area contributed by atoms with Crippen molar-refractivity contribution in [1.82, 2.24) is 0 Å². The number of ether oxygens (including phenoxy) is 4. The molecule has 0 spiro atoms. The van der Waals surface area contributed by atoms with Gasteiger partial charge in [0, 0.05) is 0 Å². The van der Waals surface area contributed by atoms with Crippen LogP contribution >= 0.6 is 0 Å². The first-order chi connectivity index (χ1) is 21.4. The Morgan fingerprint density at radius 3 is 1.14 bits per heavy atom. The van der Waals surface area contributed by atoms with E-state index in [9.17, 15) is 17.3 Å². The van der Waals surface area contributed by atoms with E-state index in [1.54, 1.807) is 0 Å². The van der Waals surface area contributed by atoms with Crippen LogP contribution < -0.4 is 18.9 Å². The lowest BCUT2D eigenvalue weighted by Gasteiger charge is -2.16. The van der Waals surface area contributed by atoms with E-state index in [-0.39, 0.29) is 0 Å². The van der Waals surface area contributed by atoms with Gasteiger partial charge < -0.3 is 36.2 Å². The van der Waals surface area contributed by atoms with E-state index >= 15 is 0 Å². The first kappa shape index (κ1) is 32.4. The lowest BCUT2D eigenvalue weighted by atomic mass is 10.3. The molecule has 0 aliphatic carbocycles. The Bertz CT molecular complexity index is 1430. The highest BCUT2D eigenvalue weighted by atomic mass is 32.2. The second kappa shape index (κ2) is 16.9. The van der Waals surface area contributed by atoms with Gasteiger partial charge >= 0.3 is 7.25 Å². The molecule has 0 bridgehead atoms. The largest absolute Gasteiger partial charge is 0.673 e. The van der Waals surface area contributed by atoms with Gasteiger partial charge in [-0.2, -0.15) is 0 Å². The maximum absolute atomic E-state index is 9.75. The van der Waals surface area contributed by atoms with Crippen LogP contribution in [0, 0.1) is 0 Å². The molecule has 44 heavy (non-hydrogen) atoms. The number of rotatable bonds is 13. The number of hydrogen-bond acceptors (Lipinski definition) is 4. The number of hydrogen-bond donors (Lipinski definition) is 0. The van der Waals surface area contributed by atoms with Crippen molar-refractivity contribution in [2.75, 3.05) is 26.4 Å². The molecule has 0 radical (unpaired) electrons. The standard InChI is InChI=1S/C34H31O4S.BF4/c1-4-14-28(15-5-1)35-24-26-37-31-20-10-12-22-33(31)39(30-18-8-3-9-19-30)34-23-13-11-21-32(34)38-27-25-36-29-16-6-2-7-17-29;2-1(3,4)5/h1-23H,24-27H2;/q+1;-1. The van der Waals surface area contributed by atoms with Crippen LogP contribution in [-0.2, 0) is 10.9 Å². The number of para-hydroxylation sites is 4. The summed E-state index contributed by atoms with van der Waals surface area (Å²) in [6.45, 7) is 1.79. The first-order valence-corrected chi connectivity index (χ1v) is 15.1. The maximum Gasteiger partial charge on any atom is 0.673 e. The van der Waals surface area contributed by atoms with Crippen molar-refractivity contribution < 1.29 is 36.2 Å². The quantitative estimate of drug-likeness (QED) is 0.0569. The van der Waals surface area contributed by atoms with Gasteiger partial charge in [-0.15, -0.1) is 0 Å². The van der Waals surface area contributed by atoms with Gasteiger partial charge in [0.2, 0.25) is 9.79 Å². The van der Waals surface area contributed by atoms with Crippen LogP contribution in [-0.4, -0.2) is 33.7 Å². The Labute approximate surface area is 257 Å². The zero-order chi connectivity index (χ0) is 31.0. The molecule has 0 unspecified atom stereocenters. The maximum atomic E-state index is 9.75. The zero-order valence-electron chi connectivity index (χ0n) is 23.7. The number of benzene rings is 5. The second-order valence-corrected chi connectivity index (χ2v) is 11.0. The summed E-state index contributed by atoms with van der Waals surface area (Å²) in [5.41, 5.74) is 0. The third-order valence-electron chi connectivity index (χ3n) is 5.82. The molecule has 5 aromatic carbocycles. The first-order valence-electron chi connectivity index (χ1n) is 13.8. The van der Waals surface area contributed by atoms with Crippen molar-refractivity contribution in [2.24, 2.45) is 0 Å². The van der Waals surface area contributed by atoms with Gasteiger partial charge in [0.1, 0.15) is 48.8 Å². The zero-order valence-corrected chi connectivity index (χ0v) is 24.6. The molecule has 228 valence electrons. The molecule has 0 amide bonds. The minimum atomic E-state index is -6.00. The molecule has 0 aromatic heterocycles. The van der Waals surface area contributed by atoms with Gasteiger partial charge in [-0.1, -0.05) is 78.9 Å². The molecule has 10 heteroatoms. The van der Waals surface area contributed by atoms with E-state index in [1.807, 2.05) is 91.0 Å². The highest BCUT2D eigenvalue weighted by Crippen LogP contribution is 2.40. The Morgan fingerprint density at radius 2 is 0.727 bits per heavy atom. The third kappa shape index (κ3) is 10.9. The highest BCUT2D eigenvalue weighted by molar-refractivity contribution is 7.97. The summed E-state index contributed by atoms with van der Waals surface area (Å²) in [6.07, 6.45) is 0. The minimum Gasteiger partial charge on any atom is -0.490 e.